The number of carbonyl (C=O) groups is 2. The molecular formula is C19H28N2O4. The van der Waals surface area contributed by atoms with Gasteiger partial charge in [0, 0.05) is 38.2 Å². The largest absolute Gasteiger partial charge is 0.484 e. The Morgan fingerprint density at radius 2 is 2.04 bits per heavy atom. The van der Waals surface area contributed by atoms with Crippen LogP contribution in [0.25, 0.3) is 0 Å². The highest BCUT2D eigenvalue weighted by atomic mass is 16.5. The normalized spacial score (nSPS) is 17.4. The van der Waals surface area contributed by atoms with Gasteiger partial charge in [-0.25, -0.2) is 0 Å². The SMILES string of the molecule is CCC(=O)c1ccc(OCC(=O)NC[C@@H]2CCCN2CCOC)cc1. The monoisotopic (exact) mass is 348 g/mol. The minimum Gasteiger partial charge on any atom is -0.484 e. The first-order chi connectivity index (χ1) is 12.1. The molecule has 25 heavy (non-hydrogen) atoms. The lowest BCUT2D eigenvalue weighted by molar-refractivity contribution is -0.123. The van der Waals surface area contributed by atoms with Gasteiger partial charge in [0.15, 0.2) is 12.4 Å². The lowest BCUT2D eigenvalue weighted by atomic mass is 10.1. The zero-order valence-electron chi connectivity index (χ0n) is 15.1. The number of likely N-dealkylation sites (tertiary alicyclic amines) is 1. The van der Waals surface area contributed by atoms with E-state index in [0.29, 0.717) is 36.9 Å². The lowest BCUT2D eigenvalue weighted by Gasteiger charge is -2.24. The maximum Gasteiger partial charge on any atom is 0.257 e. The van der Waals surface area contributed by atoms with Gasteiger partial charge in [-0.3, -0.25) is 14.5 Å². The van der Waals surface area contributed by atoms with Crippen LogP contribution in [0.15, 0.2) is 24.3 Å². The van der Waals surface area contributed by atoms with E-state index in [2.05, 4.69) is 10.2 Å². The number of methoxy groups -OCH3 is 1. The number of Topliss-reactive ketones (excluding diaryl/α,β-unsaturated/α-hetero) is 1. The molecule has 0 aliphatic carbocycles. The highest BCUT2D eigenvalue weighted by molar-refractivity contribution is 5.95. The topological polar surface area (TPSA) is 67.9 Å². The maximum atomic E-state index is 12.0. The maximum absolute atomic E-state index is 12.0. The van der Waals surface area contributed by atoms with Crippen LogP contribution in [0, 0.1) is 0 Å². The number of nitrogens with one attached hydrogen (secondary N) is 1. The van der Waals surface area contributed by atoms with E-state index < -0.39 is 0 Å². The van der Waals surface area contributed by atoms with E-state index in [-0.39, 0.29) is 18.3 Å². The minimum atomic E-state index is -0.132. The number of rotatable bonds is 10. The quantitative estimate of drug-likeness (QED) is 0.654. The molecule has 138 valence electrons. The van der Waals surface area contributed by atoms with Crippen LogP contribution in [0.3, 0.4) is 0 Å². The highest BCUT2D eigenvalue weighted by Crippen LogP contribution is 2.16. The Labute approximate surface area is 149 Å². The van der Waals surface area contributed by atoms with Crippen molar-refractivity contribution >= 4 is 11.7 Å². The van der Waals surface area contributed by atoms with Crippen molar-refractivity contribution in [1.82, 2.24) is 10.2 Å². The summed E-state index contributed by atoms with van der Waals surface area (Å²) in [7, 11) is 1.70. The number of hydrogen-bond donors (Lipinski definition) is 1. The van der Waals surface area contributed by atoms with Gasteiger partial charge in [0.1, 0.15) is 5.75 Å². The van der Waals surface area contributed by atoms with E-state index in [4.69, 9.17) is 9.47 Å². The van der Waals surface area contributed by atoms with Crippen molar-refractivity contribution in [2.45, 2.75) is 32.2 Å². The van der Waals surface area contributed by atoms with Crippen molar-refractivity contribution in [3.05, 3.63) is 29.8 Å². The molecule has 1 aromatic carbocycles. The van der Waals surface area contributed by atoms with E-state index in [1.807, 2.05) is 6.92 Å². The van der Waals surface area contributed by atoms with Crippen LogP contribution in [-0.4, -0.2) is 62.6 Å². The van der Waals surface area contributed by atoms with Crippen LogP contribution in [0.4, 0.5) is 0 Å². The first-order valence-corrected chi connectivity index (χ1v) is 8.89. The fraction of sp³-hybridized carbons (Fsp3) is 0.579. The molecule has 1 amide bonds. The molecular weight excluding hydrogens is 320 g/mol. The van der Waals surface area contributed by atoms with Gasteiger partial charge in [-0.15, -0.1) is 0 Å². The third kappa shape index (κ3) is 6.14. The van der Waals surface area contributed by atoms with Crippen LogP contribution < -0.4 is 10.1 Å². The van der Waals surface area contributed by atoms with Gasteiger partial charge in [0.25, 0.3) is 5.91 Å². The summed E-state index contributed by atoms with van der Waals surface area (Å²) >= 11 is 0. The van der Waals surface area contributed by atoms with Crippen molar-refractivity contribution in [3.63, 3.8) is 0 Å². The molecule has 6 nitrogen and oxygen atoms in total. The Kier molecular flexibility index (Phi) is 7.88. The molecule has 0 radical (unpaired) electrons. The fourth-order valence-corrected chi connectivity index (χ4v) is 3.00. The van der Waals surface area contributed by atoms with Gasteiger partial charge in [-0.1, -0.05) is 6.92 Å². The first kappa shape index (κ1) is 19.4. The number of amides is 1. The standard InChI is InChI=1S/C19H28N2O4/c1-3-18(22)15-6-8-17(9-7-15)25-14-19(23)20-13-16-5-4-10-21(16)11-12-24-2/h6-9,16H,3-5,10-14H2,1-2H3,(H,20,23)/t16-/m0/s1. The molecule has 1 aliphatic rings. The Morgan fingerprint density at radius 1 is 1.28 bits per heavy atom. The Bertz CT molecular complexity index is 559. The zero-order chi connectivity index (χ0) is 18.1. The molecule has 1 fully saturated rings. The van der Waals surface area contributed by atoms with Crippen molar-refractivity contribution < 1.29 is 19.1 Å². The molecule has 0 saturated carbocycles. The summed E-state index contributed by atoms with van der Waals surface area (Å²) in [4.78, 5) is 25.9. The van der Waals surface area contributed by atoms with E-state index in [9.17, 15) is 9.59 Å². The molecule has 0 unspecified atom stereocenters. The second-order valence-corrected chi connectivity index (χ2v) is 6.22. The molecule has 1 atom stereocenters. The average Bonchev–Trinajstić information content (AvgIpc) is 3.10. The van der Waals surface area contributed by atoms with Crippen LogP contribution in [0.2, 0.25) is 0 Å². The van der Waals surface area contributed by atoms with Crippen LogP contribution >= 0.6 is 0 Å². The lowest BCUT2D eigenvalue weighted by Crippen LogP contribution is -2.42. The third-order valence-corrected chi connectivity index (χ3v) is 4.48. The van der Waals surface area contributed by atoms with Crippen molar-refractivity contribution in [2.24, 2.45) is 0 Å². The molecule has 1 heterocycles. The molecule has 6 heteroatoms. The number of nitrogens with zero attached hydrogens (tertiary/aromatic N) is 1. The van der Waals surface area contributed by atoms with Crippen molar-refractivity contribution in [1.29, 1.82) is 0 Å². The van der Waals surface area contributed by atoms with E-state index in [1.54, 1.807) is 31.4 Å². The van der Waals surface area contributed by atoms with Gasteiger partial charge >= 0.3 is 0 Å². The van der Waals surface area contributed by atoms with Gasteiger partial charge in [-0.2, -0.15) is 0 Å². The molecule has 2 rings (SSSR count). The Balaban J connectivity index is 1.71. The second-order valence-electron chi connectivity index (χ2n) is 6.22. The predicted octanol–water partition coefficient (Wildman–Crippen LogP) is 1.89. The summed E-state index contributed by atoms with van der Waals surface area (Å²) in [6.45, 7) is 5.11. The van der Waals surface area contributed by atoms with Crippen LogP contribution in [-0.2, 0) is 9.53 Å². The second kappa shape index (κ2) is 10.2. The molecule has 0 spiro atoms. The highest BCUT2D eigenvalue weighted by Gasteiger charge is 2.24. The average molecular weight is 348 g/mol. The zero-order valence-corrected chi connectivity index (χ0v) is 15.1. The molecule has 1 aliphatic heterocycles. The van der Waals surface area contributed by atoms with Gasteiger partial charge in [0.2, 0.25) is 0 Å². The van der Waals surface area contributed by atoms with Crippen molar-refractivity contribution in [2.75, 3.05) is 40.0 Å². The summed E-state index contributed by atoms with van der Waals surface area (Å²) in [6.07, 6.45) is 2.73. The van der Waals surface area contributed by atoms with Crippen LogP contribution in [0.1, 0.15) is 36.5 Å². The van der Waals surface area contributed by atoms with E-state index in [0.717, 1.165) is 25.9 Å². The third-order valence-electron chi connectivity index (χ3n) is 4.48. The Morgan fingerprint density at radius 3 is 2.72 bits per heavy atom. The first-order valence-electron chi connectivity index (χ1n) is 8.89. The van der Waals surface area contributed by atoms with E-state index in [1.165, 1.54) is 0 Å². The van der Waals surface area contributed by atoms with Crippen LogP contribution in [0.5, 0.6) is 5.75 Å². The number of hydrogen-bond acceptors (Lipinski definition) is 5. The van der Waals surface area contributed by atoms with Gasteiger partial charge < -0.3 is 14.8 Å². The molecule has 1 aromatic rings. The molecule has 0 aromatic heterocycles. The number of ketones is 1. The number of carbonyl (C=O) groups excluding carboxylic acids is 2. The van der Waals surface area contributed by atoms with E-state index >= 15 is 0 Å². The molecule has 1 saturated heterocycles. The van der Waals surface area contributed by atoms with Crippen molar-refractivity contribution in [3.8, 4) is 5.75 Å². The number of ether oxygens (including phenoxy) is 2. The predicted molar refractivity (Wildman–Crippen MR) is 96.0 cm³/mol. The summed E-state index contributed by atoms with van der Waals surface area (Å²) in [5.41, 5.74) is 0.664. The number of benzene rings is 1. The summed E-state index contributed by atoms with van der Waals surface area (Å²) < 4.78 is 10.6. The smallest absolute Gasteiger partial charge is 0.257 e. The molecule has 0 bridgehead atoms. The summed E-state index contributed by atoms with van der Waals surface area (Å²) in [6, 6.07) is 7.27. The Hall–Kier alpha value is -1.92. The summed E-state index contributed by atoms with van der Waals surface area (Å²) in [5.74, 6) is 0.552. The fourth-order valence-electron chi connectivity index (χ4n) is 3.00. The molecule has 1 N–H and O–H groups in total. The summed E-state index contributed by atoms with van der Waals surface area (Å²) in [5, 5.41) is 2.94. The minimum absolute atomic E-state index is 0.0220. The van der Waals surface area contributed by atoms with Gasteiger partial charge in [-0.05, 0) is 43.7 Å². The van der Waals surface area contributed by atoms with Gasteiger partial charge in [0.05, 0.1) is 6.61 Å².